The van der Waals surface area contributed by atoms with Gasteiger partial charge in [-0.2, -0.15) is 21.6 Å². The fourth-order valence-corrected chi connectivity index (χ4v) is 3.82. The second-order valence-corrected chi connectivity index (χ2v) is 9.23. The van der Waals surface area contributed by atoms with Crippen molar-refractivity contribution in [3.8, 4) is 28.7 Å². The van der Waals surface area contributed by atoms with Crippen LogP contribution in [0.1, 0.15) is 0 Å². The Hall–Kier alpha value is -4.12. The highest BCUT2D eigenvalue weighted by Gasteiger charge is 2.49. The van der Waals surface area contributed by atoms with Gasteiger partial charge in [0.15, 0.2) is 11.5 Å². The Morgan fingerprint density at radius 3 is 2.14 bits per heavy atom. The first-order valence-corrected chi connectivity index (χ1v) is 12.4. The molecule has 0 unspecified atom stereocenters. The van der Waals surface area contributed by atoms with Gasteiger partial charge in [-0.1, -0.05) is 18.2 Å². The van der Waals surface area contributed by atoms with E-state index in [4.69, 9.17) is 14.2 Å². The minimum absolute atomic E-state index is 0.199. The quantitative estimate of drug-likeness (QED) is 0.241. The SMILES string of the molecule is COc1ccc2c(Oc3ccc(OCCN4C=CC=CC=C4)cc3)c(OS(=O)(=O)C(F)(F)F)ccc2c1. The van der Waals surface area contributed by atoms with Gasteiger partial charge in [0.1, 0.15) is 23.9 Å². The Balaban J connectivity index is 1.55. The van der Waals surface area contributed by atoms with Crippen molar-refractivity contribution >= 4 is 20.9 Å². The average Bonchev–Trinajstić information content (AvgIpc) is 3.14. The number of fused-ring (bicyclic) bond motifs is 1. The van der Waals surface area contributed by atoms with E-state index in [2.05, 4.69) is 4.18 Å². The zero-order valence-electron chi connectivity index (χ0n) is 19.5. The van der Waals surface area contributed by atoms with E-state index in [1.165, 1.54) is 19.2 Å². The third-order valence-corrected chi connectivity index (χ3v) is 6.14. The van der Waals surface area contributed by atoms with Crippen molar-refractivity contribution in [2.45, 2.75) is 5.51 Å². The smallest absolute Gasteiger partial charge is 0.497 e. The summed E-state index contributed by atoms with van der Waals surface area (Å²) >= 11 is 0. The number of allylic oxidation sites excluding steroid dienone is 4. The second-order valence-electron chi connectivity index (χ2n) is 7.69. The van der Waals surface area contributed by atoms with Gasteiger partial charge >= 0.3 is 15.6 Å². The van der Waals surface area contributed by atoms with E-state index in [9.17, 15) is 21.6 Å². The number of nitrogens with zero attached hydrogens (tertiary/aromatic N) is 1. The summed E-state index contributed by atoms with van der Waals surface area (Å²) in [5.41, 5.74) is -5.60. The van der Waals surface area contributed by atoms with E-state index in [1.807, 2.05) is 41.6 Å². The number of hydrogen-bond acceptors (Lipinski definition) is 7. The number of ether oxygens (including phenoxy) is 3. The zero-order chi connectivity index (χ0) is 26.5. The van der Waals surface area contributed by atoms with Crippen LogP contribution in [0, 0.1) is 0 Å². The normalized spacial score (nSPS) is 13.5. The molecular weight excluding hydrogens is 511 g/mol. The number of benzene rings is 3. The highest BCUT2D eigenvalue weighted by atomic mass is 32.2. The van der Waals surface area contributed by atoms with Crippen LogP contribution in [0.2, 0.25) is 0 Å². The van der Waals surface area contributed by atoms with Crippen LogP contribution in [-0.4, -0.2) is 39.1 Å². The van der Waals surface area contributed by atoms with E-state index in [-0.39, 0.29) is 11.5 Å². The molecule has 194 valence electrons. The number of halogens is 3. The molecule has 0 N–H and O–H groups in total. The first-order valence-electron chi connectivity index (χ1n) is 11.0. The van der Waals surface area contributed by atoms with Crippen molar-refractivity contribution in [3.63, 3.8) is 0 Å². The molecule has 0 amide bonds. The van der Waals surface area contributed by atoms with Gasteiger partial charge in [-0.05, 0) is 66.1 Å². The van der Waals surface area contributed by atoms with Gasteiger partial charge in [-0.15, -0.1) is 0 Å². The van der Waals surface area contributed by atoms with Crippen LogP contribution in [0.4, 0.5) is 13.2 Å². The largest absolute Gasteiger partial charge is 0.534 e. The lowest BCUT2D eigenvalue weighted by Crippen LogP contribution is -2.28. The van der Waals surface area contributed by atoms with Crippen molar-refractivity contribution in [1.82, 2.24) is 4.90 Å². The molecule has 0 spiro atoms. The molecule has 0 bridgehead atoms. The van der Waals surface area contributed by atoms with Gasteiger partial charge in [0.05, 0.1) is 13.7 Å². The summed E-state index contributed by atoms with van der Waals surface area (Å²) in [6, 6.07) is 13.6. The van der Waals surface area contributed by atoms with Crippen LogP contribution in [0.15, 0.2) is 91.3 Å². The molecule has 3 aromatic rings. The summed E-state index contributed by atoms with van der Waals surface area (Å²) in [6.45, 7) is 1.01. The van der Waals surface area contributed by atoms with E-state index in [0.29, 0.717) is 35.4 Å². The summed E-state index contributed by atoms with van der Waals surface area (Å²) in [5, 5.41) is 0.863. The van der Waals surface area contributed by atoms with Crippen LogP contribution in [0.25, 0.3) is 10.8 Å². The highest BCUT2D eigenvalue weighted by molar-refractivity contribution is 7.88. The summed E-state index contributed by atoms with van der Waals surface area (Å²) in [4.78, 5) is 1.96. The Morgan fingerprint density at radius 2 is 1.49 bits per heavy atom. The number of hydrogen-bond donors (Lipinski definition) is 0. The number of methoxy groups -OCH3 is 1. The number of rotatable bonds is 9. The fourth-order valence-electron chi connectivity index (χ4n) is 3.36. The highest BCUT2D eigenvalue weighted by Crippen LogP contribution is 2.42. The monoisotopic (exact) mass is 533 g/mol. The zero-order valence-corrected chi connectivity index (χ0v) is 20.3. The summed E-state index contributed by atoms with van der Waals surface area (Å²) < 4.78 is 83.5. The summed E-state index contributed by atoms with van der Waals surface area (Å²) in [6.07, 6.45) is 11.5. The Labute approximate surface area is 211 Å². The molecular formula is C26H22F3NO6S. The van der Waals surface area contributed by atoms with E-state index < -0.39 is 21.4 Å². The molecule has 3 aromatic carbocycles. The third kappa shape index (κ3) is 6.36. The predicted octanol–water partition coefficient (Wildman–Crippen LogP) is 6.15. The van der Waals surface area contributed by atoms with Gasteiger partial charge in [0.25, 0.3) is 0 Å². The van der Waals surface area contributed by atoms with Crippen molar-refractivity contribution in [3.05, 3.63) is 91.3 Å². The maximum atomic E-state index is 13.0. The van der Waals surface area contributed by atoms with Crippen molar-refractivity contribution in [2.24, 2.45) is 0 Å². The molecule has 4 rings (SSSR count). The van der Waals surface area contributed by atoms with Crippen LogP contribution in [-0.2, 0) is 10.1 Å². The summed E-state index contributed by atoms with van der Waals surface area (Å²) in [5.74, 6) is 0.471. The molecule has 0 saturated heterocycles. The minimum Gasteiger partial charge on any atom is -0.497 e. The molecule has 1 aliphatic rings. The lowest BCUT2D eigenvalue weighted by Gasteiger charge is -2.17. The molecule has 1 heterocycles. The van der Waals surface area contributed by atoms with Crippen LogP contribution < -0.4 is 18.4 Å². The molecule has 37 heavy (non-hydrogen) atoms. The van der Waals surface area contributed by atoms with Gasteiger partial charge < -0.3 is 23.3 Å². The third-order valence-electron chi connectivity index (χ3n) is 5.17. The van der Waals surface area contributed by atoms with Crippen molar-refractivity contribution in [2.75, 3.05) is 20.3 Å². The molecule has 0 fully saturated rings. The Kier molecular flexibility index (Phi) is 7.63. The molecule has 1 aliphatic heterocycles. The molecule has 0 saturated carbocycles. The first kappa shape index (κ1) is 26.0. The first-order chi connectivity index (χ1) is 17.7. The maximum absolute atomic E-state index is 13.0. The van der Waals surface area contributed by atoms with E-state index in [1.54, 1.807) is 36.4 Å². The van der Waals surface area contributed by atoms with Crippen LogP contribution in [0.5, 0.6) is 28.7 Å². The second kappa shape index (κ2) is 10.9. The summed E-state index contributed by atoms with van der Waals surface area (Å²) in [7, 11) is -4.45. The molecule has 0 radical (unpaired) electrons. The van der Waals surface area contributed by atoms with E-state index >= 15 is 0 Å². The van der Waals surface area contributed by atoms with Crippen LogP contribution >= 0.6 is 0 Å². The predicted molar refractivity (Wildman–Crippen MR) is 132 cm³/mol. The molecule has 0 atom stereocenters. The molecule has 0 aromatic heterocycles. The van der Waals surface area contributed by atoms with Gasteiger partial charge in [-0.25, -0.2) is 0 Å². The van der Waals surface area contributed by atoms with Gasteiger partial charge in [0, 0.05) is 17.8 Å². The van der Waals surface area contributed by atoms with Gasteiger partial charge in [0.2, 0.25) is 0 Å². The molecule has 7 nitrogen and oxygen atoms in total. The average molecular weight is 534 g/mol. The molecule has 11 heteroatoms. The lowest BCUT2D eigenvalue weighted by atomic mass is 10.1. The Bertz CT molecular complexity index is 1430. The maximum Gasteiger partial charge on any atom is 0.534 e. The van der Waals surface area contributed by atoms with Gasteiger partial charge in [-0.3, -0.25) is 0 Å². The van der Waals surface area contributed by atoms with E-state index in [0.717, 1.165) is 6.07 Å². The van der Waals surface area contributed by atoms with Crippen LogP contribution in [0.3, 0.4) is 0 Å². The number of alkyl halides is 3. The van der Waals surface area contributed by atoms with Crippen molar-refractivity contribution < 1.29 is 40.0 Å². The molecule has 0 aliphatic carbocycles. The lowest BCUT2D eigenvalue weighted by molar-refractivity contribution is -0.0500. The minimum atomic E-state index is -5.92. The topological polar surface area (TPSA) is 74.3 Å². The fraction of sp³-hybridized carbons (Fsp3) is 0.154. The standard InChI is InChI=1S/C26H22F3NO6S/c1-33-22-11-12-23-19(18-22)6-13-24(36-37(31,32)26(27,28)29)25(23)35-21-9-7-20(8-10-21)34-17-16-30-14-4-2-3-5-15-30/h2-15,18H,16-17H2,1H3. The Morgan fingerprint density at radius 1 is 0.838 bits per heavy atom. The van der Waals surface area contributed by atoms with Crippen molar-refractivity contribution in [1.29, 1.82) is 0 Å².